The van der Waals surface area contributed by atoms with Gasteiger partial charge in [0.1, 0.15) is 5.82 Å². The van der Waals surface area contributed by atoms with Crippen molar-refractivity contribution >= 4 is 18.5 Å². The van der Waals surface area contributed by atoms with Crippen molar-refractivity contribution in [2.45, 2.75) is 52.7 Å². The molecule has 1 amide bonds. The normalized spacial score (nSPS) is 19.3. The largest absolute Gasteiger partial charge is 0.495 e. The minimum atomic E-state index is -0.686. The van der Waals surface area contributed by atoms with Crippen LogP contribution in [0.4, 0.5) is 4.39 Å². The molecule has 120 valence electrons. The zero-order chi connectivity index (χ0) is 16.7. The third-order valence-electron chi connectivity index (χ3n) is 4.49. The van der Waals surface area contributed by atoms with Crippen molar-refractivity contribution < 1.29 is 18.5 Å². The lowest BCUT2D eigenvalue weighted by molar-refractivity contribution is 0.00578. The third-order valence-corrected chi connectivity index (χ3v) is 4.49. The number of carbonyl (C=O) groups excluding carboxylic acids is 1. The number of hydrogen-bond donors (Lipinski definition) is 1. The Balaban J connectivity index is 2.42. The van der Waals surface area contributed by atoms with E-state index in [9.17, 15) is 9.18 Å². The van der Waals surface area contributed by atoms with Gasteiger partial charge in [-0.3, -0.25) is 4.79 Å². The van der Waals surface area contributed by atoms with Gasteiger partial charge in [0.05, 0.1) is 11.2 Å². The highest BCUT2D eigenvalue weighted by atomic mass is 19.1. The van der Waals surface area contributed by atoms with E-state index in [2.05, 4.69) is 5.32 Å². The first-order valence-electron chi connectivity index (χ1n) is 7.53. The number of carbonyl (C=O) groups is 1. The van der Waals surface area contributed by atoms with Gasteiger partial charge in [0.2, 0.25) is 0 Å². The first-order chi connectivity index (χ1) is 10.1. The fourth-order valence-electron chi connectivity index (χ4n) is 2.31. The maximum Gasteiger partial charge on any atom is 0.495 e. The molecule has 0 saturated carbocycles. The average Bonchev–Trinajstić information content (AvgIpc) is 2.61. The highest BCUT2D eigenvalue weighted by Gasteiger charge is 2.52. The quantitative estimate of drug-likeness (QED) is 0.871. The zero-order valence-corrected chi connectivity index (χ0v) is 14.0. The number of halogens is 1. The molecule has 0 aromatic heterocycles. The van der Waals surface area contributed by atoms with Crippen molar-refractivity contribution in [3.8, 4) is 0 Å². The van der Waals surface area contributed by atoms with Gasteiger partial charge in [0.15, 0.2) is 0 Å². The summed E-state index contributed by atoms with van der Waals surface area (Å²) in [5.41, 5.74) is 0.242. The molecular weight excluding hydrogens is 284 g/mol. The Morgan fingerprint density at radius 2 is 1.77 bits per heavy atom. The van der Waals surface area contributed by atoms with E-state index in [1.54, 1.807) is 13.0 Å². The Kier molecular flexibility index (Phi) is 4.37. The lowest BCUT2D eigenvalue weighted by Crippen LogP contribution is -2.41. The van der Waals surface area contributed by atoms with Crippen molar-refractivity contribution in [1.29, 1.82) is 0 Å². The van der Waals surface area contributed by atoms with Crippen molar-refractivity contribution in [3.63, 3.8) is 0 Å². The van der Waals surface area contributed by atoms with E-state index in [0.717, 1.165) is 0 Å². The summed E-state index contributed by atoms with van der Waals surface area (Å²) in [6.07, 6.45) is 0. The van der Waals surface area contributed by atoms with E-state index >= 15 is 0 Å². The standard InChI is InChI=1S/C16H23BFNO3/c1-7-19-14(20)11-8-12(10(2)13(18)9-11)17-21-15(3,4)16(5,6)22-17/h8-9H,7H2,1-6H3,(H,19,20). The lowest BCUT2D eigenvalue weighted by Gasteiger charge is -2.32. The SMILES string of the molecule is CCNC(=O)c1cc(F)c(C)c(B2OC(C)(C)C(C)(C)O2)c1. The summed E-state index contributed by atoms with van der Waals surface area (Å²) in [5, 5.41) is 2.67. The van der Waals surface area contributed by atoms with E-state index < -0.39 is 24.1 Å². The Morgan fingerprint density at radius 1 is 1.23 bits per heavy atom. The monoisotopic (exact) mass is 307 g/mol. The molecule has 1 heterocycles. The third kappa shape index (κ3) is 2.90. The van der Waals surface area contributed by atoms with Crippen molar-refractivity contribution in [3.05, 3.63) is 29.1 Å². The van der Waals surface area contributed by atoms with E-state index in [-0.39, 0.29) is 11.5 Å². The van der Waals surface area contributed by atoms with Crippen LogP contribution in [0, 0.1) is 12.7 Å². The van der Waals surface area contributed by atoms with Crippen LogP contribution in [-0.2, 0) is 9.31 Å². The molecule has 0 atom stereocenters. The Hall–Kier alpha value is -1.40. The first kappa shape index (κ1) is 17.0. The van der Waals surface area contributed by atoms with Crippen LogP contribution in [0.5, 0.6) is 0 Å². The number of hydrogen-bond acceptors (Lipinski definition) is 3. The molecule has 0 bridgehead atoms. The molecule has 4 nitrogen and oxygen atoms in total. The smallest absolute Gasteiger partial charge is 0.399 e. The molecule has 1 aliphatic rings. The van der Waals surface area contributed by atoms with Gasteiger partial charge in [0.25, 0.3) is 5.91 Å². The molecule has 1 fully saturated rings. The molecule has 1 saturated heterocycles. The fraction of sp³-hybridized carbons (Fsp3) is 0.562. The Labute approximate surface area is 131 Å². The molecule has 1 aliphatic heterocycles. The van der Waals surface area contributed by atoms with E-state index in [1.165, 1.54) is 6.07 Å². The van der Waals surface area contributed by atoms with Crippen LogP contribution >= 0.6 is 0 Å². The number of benzene rings is 1. The van der Waals surface area contributed by atoms with Crippen LogP contribution in [0.15, 0.2) is 12.1 Å². The summed E-state index contributed by atoms with van der Waals surface area (Å²) in [6.45, 7) is 11.7. The van der Waals surface area contributed by atoms with Crippen LogP contribution in [0.1, 0.15) is 50.5 Å². The van der Waals surface area contributed by atoms with Gasteiger partial charge in [-0.05, 0) is 64.7 Å². The molecule has 1 N–H and O–H groups in total. The van der Waals surface area contributed by atoms with Gasteiger partial charge in [-0.25, -0.2) is 4.39 Å². The second-order valence-electron chi connectivity index (χ2n) is 6.62. The molecule has 6 heteroatoms. The predicted molar refractivity (Wildman–Crippen MR) is 84.9 cm³/mol. The molecule has 0 aliphatic carbocycles. The predicted octanol–water partition coefficient (Wildman–Crippen LogP) is 2.18. The van der Waals surface area contributed by atoms with Gasteiger partial charge >= 0.3 is 7.12 Å². The topological polar surface area (TPSA) is 47.6 Å². The van der Waals surface area contributed by atoms with Gasteiger partial charge in [-0.2, -0.15) is 0 Å². The molecular formula is C16H23BFNO3. The zero-order valence-electron chi connectivity index (χ0n) is 14.0. The maximum absolute atomic E-state index is 14.2. The summed E-state index contributed by atoms with van der Waals surface area (Å²) in [6, 6.07) is 2.89. The van der Waals surface area contributed by atoms with Crippen molar-refractivity contribution in [2.24, 2.45) is 0 Å². The Morgan fingerprint density at radius 3 is 2.27 bits per heavy atom. The molecule has 1 aromatic carbocycles. The fourth-order valence-corrected chi connectivity index (χ4v) is 2.31. The molecule has 1 aromatic rings. The summed E-state index contributed by atoms with van der Waals surface area (Å²) in [4.78, 5) is 12.0. The average molecular weight is 307 g/mol. The number of rotatable bonds is 3. The van der Waals surface area contributed by atoms with Crippen LogP contribution in [0.3, 0.4) is 0 Å². The highest BCUT2D eigenvalue weighted by Crippen LogP contribution is 2.36. The maximum atomic E-state index is 14.2. The number of nitrogens with one attached hydrogen (secondary N) is 1. The summed E-state index contributed by atoms with van der Waals surface area (Å²) < 4.78 is 26.1. The number of amides is 1. The summed E-state index contributed by atoms with van der Waals surface area (Å²) in [5.74, 6) is -0.743. The summed E-state index contributed by atoms with van der Waals surface area (Å²) in [7, 11) is -0.686. The molecule has 0 radical (unpaired) electrons. The van der Waals surface area contributed by atoms with E-state index in [0.29, 0.717) is 17.6 Å². The van der Waals surface area contributed by atoms with Crippen molar-refractivity contribution in [1.82, 2.24) is 5.32 Å². The van der Waals surface area contributed by atoms with E-state index in [1.807, 2.05) is 34.6 Å². The second kappa shape index (κ2) is 5.67. The van der Waals surface area contributed by atoms with Crippen LogP contribution < -0.4 is 10.8 Å². The van der Waals surface area contributed by atoms with Gasteiger partial charge < -0.3 is 14.6 Å². The molecule has 22 heavy (non-hydrogen) atoms. The Bertz CT molecular complexity index is 585. The van der Waals surface area contributed by atoms with Crippen LogP contribution in [-0.4, -0.2) is 30.8 Å². The van der Waals surface area contributed by atoms with E-state index in [4.69, 9.17) is 9.31 Å². The molecule has 2 rings (SSSR count). The highest BCUT2D eigenvalue weighted by molar-refractivity contribution is 6.62. The summed E-state index contributed by atoms with van der Waals surface area (Å²) >= 11 is 0. The molecule has 0 unspecified atom stereocenters. The minimum Gasteiger partial charge on any atom is -0.399 e. The van der Waals surface area contributed by atoms with Crippen LogP contribution in [0.25, 0.3) is 0 Å². The van der Waals surface area contributed by atoms with Gasteiger partial charge in [-0.15, -0.1) is 0 Å². The lowest BCUT2D eigenvalue weighted by atomic mass is 9.75. The van der Waals surface area contributed by atoms with Crippen LogP contribution in [0.2, 0.25) is 0 Å². The first-order valence-corrected chi connectivity index (χ1v) is 7.53. The molecule has 0 spiro atoms. The minimum absolute atomic E-state index is 0.273. The second-order valence-corrected chi connectivity index (χ2v) is 6.62. The van der Waals surface area contributed by atoms with Gasteiger partial charge in [0, 0.05) is 12.1 Å². The van der Waals surface area contributed by atoms with Gasteiger partial charge in [-0.1, -0.05) is 0 Å². The van der Waals surface area contributed by atoms with Crippen molar-refractivity contribution in [2.75, 3.05) is 6.54 Å².